The molecular weight excluding hydrogens is 228 g/mol. The zero-order valence-corrected chi connectivity index (χ0v) is 11.6. The van der Waals surface area contributed by atoms with Crippen LogP contribution in [0.25, 0.3) is 0 Å². The summed E-state index contributed by atoms with van der Waals surface area (Å²) in [6.45, 7) is 12.8. The SMILES string of the molecule is C=CC(=O)NC(CCC)CC(C)(C)NC(=O)C=C. The Morgan fingerprint density at radius 2 is 1.78 bits per heavy atom. The van der Waals surface area contributed by atoms with Gasteiger partial charge in [-0.05, 0) is 38.8 Å². The summed E-state index contributed by atoms with van der Waals surface area (Å²) >= 11 is 0. The summed E-state index contributed by atoms with van der Waals surface area (Å²) in [7, 11) is 0. The van der Waals surface area contributed by atoms with E-state index in [0.717, 1.165) is 12.8 Å². The van der Waals surface area contributed by atoms with Crippen molar-refractivity contribution < 1.29 is 9.59 Å². The number of nitrogens with one attached hydrogen (secondary N) is 2. The second kappa shape index (κ2) is 7.69. The Hall–Kier alpha value is -1.58. The largest absolute Gasteiger partial charge is 0.350 e. The van der Waals surface area contributed by atoms with Crippen molar-refractivity contribution in [1.29, 1.82) is 0 Å². The van der Waals surface area contributed by atoms with Crippen molar-refractivity contribution >= 4 is 11.8 Å². The summed E-state index contributed by atoms with van der Waals surface area (Å²) in [6, 6.07) is 0.0283. The highest BCUT2D eigenvalue weighted by Gasteiger charge is 2.24. The van der Waals surface area contributed by atoms with E-state index in [4.69, 9.17) is 0 Å². The van der Waals surface area contributed by atoms with Crippen LogP contribution in [0.3, 0.4) is 0 Å². The van der Waals surface area contributed by atoms with Crippen LogP contribution in [0.4, 0.5) is 0 Å². The lowest BCUT2D eigenvalue weighted by molar-refractivity contribution is -0.118. The smallest absolute Gasteiger partial charge is 0.243 e. The molecule has 0 aromatic heterocycles. The van der Waals surface area contributed by atoms with Crippen LogP contribution in [-0.2, 0) is 9.59 Å². The van der Waals surface area contributed by atoms with E-state index in [-0.39, 0.29) is 23.4 Å². The van der Waals surface area contributed by atoms with E-state index in [0.29, 0.717) is 6.42 Å². The van der Waals surface area contributed by atoms with E-state index in [1.165, 1.54) is 12.2 Å². The zero-order valence-electron chi connectivity index (χ0n) is 11.6. The summed E-state index contributed by atoms with van der Waals surface area (Å²) in [5, 5.41) is 5.73. The Bertz CT molecular complexity index is 322. The van der Waals surface area contributed by atoms with Crippen molar-refractivity contribution in [2.75, 3.05) is 0 Å². The molecule has 18 heavy (non-hydrogen) atoms. The summed E-state index contributed by atoms with van der Waals surface area (Å²) in [4.78, 5) is 22.6. The molecule has 0 aliphatic rings. The topological polar surface area (TPSA) is 58.2 Å². The number of hydrogen-bond donors (Lipinski definition) is 2. The van der Waals surface area contributed by atoms with Gasteiger partial charge in [-0.2, -0.15) is 0 Å². The minimum Gasteiger partial charge on any atom is -0.350 e. The van der Waals surface area contributed by atoms with Gasteiger partial charge in [0.15, 0.2) is 0 Å². The molecule has 2 amide bonds. The van der Waals surface area contributed by atoms with Gasteiger partial charge in [0, 0.05) is 11.6 Å². The van der Waals surface area contributed by atoms with Gasteiger partial charge >= 0.3 is 0 Å². The van der Waals surface area contributed by atoms with E-state index < -0.39 is 0 Å². The summed E-state index contributed by atoms with van der Waals surface area (Å²) < 4.78 is 0. The van der Waals surface area contributed by atoms with Crippen molar-refractivity contribution in [2.24, 2.45) is 0 Å². The lowest BCUT2D eigenvalue weighted by Crippen LogP contribution is -2.48. The number of carbonyl (C=O) groups is 2. The van der Waals surface area contributed by atoms with Gasteiger partial charge in [-0.3, -0.25) is 9.59 Å². The molecule has 4 heteroatoms. The Morgan fingerprint density at radius 1 is 1.22 bits per heavy atom. The number of carbonyl (C=O) groups excluding carboxylic acids is 2. The molecule has 0 saturated heterocycles. The summed E-state index contributed by atoms with van der Waals surface area (Å²) in [5.41, 5.74) is -0.389. The van der Waals surface area contributed by atoms with Crippen LogP contribution in [0, 0.1) is 0 Å². The molecule has 1 unspecified atom stereocenters. The maximum Gasteiger partial charge on any atom is 0.243 e. The maximum atomic E-state index is 11.3. The fourth-order valence-corrected chi connectivity index (χ4v) is 1.89. The van der Waals surface area contributed by atoms with Crippen LogP contribution in [-0.4, -0.2) is 23.4 Å². The molecule has 2 N–H and O–H groups in total. The van der Waals surface area contributed by atoms with Crippen LogP contribution >= 0.6 is 0 Å². The molecule has 0 aromatic carbocycles. The molecule has 1 atom stereocenters. The fourth-order valence-electron chi connectivity index (χ4n) is 1.89. The molecule has 0 spiro atoms. The molecule has 0 aromatic rings. The molecule has 0 radical (unpaired) electrons. The van der Waals surface area contributed by atoms with Gasteiger partial charge in [0.05, 0.1) is 0 Å². The van der Waals surface area contributed by atoms with Crippen molar-refractivity contribution in [3.05, 3.63) is 25.3 Å². The van der Waals surface area contributed by atoms with Gasteiger partial charge in [-0.25, -0.2) is 0 Å². The first-order valence-electron chi connectivity index (χ1n) is 6.22. The Morgan fingerprint density at radius 3 is 2.22 bits per heavy atom. The zero-order chi connectivity index (χ0) is 14.2. The Labute approximate surface area is 110 Å². The van der Waals surface area contributed by atoms with Crippen molar-refractivity contribution in [3.8, 4) is 0 Å². The van der Waals surface area contributed by atoms with Gasteiger partial charge < -0.3 is 10.6 Å². The monoisotopic (exact) mass is 252 g/mol. The van der Waals surface area contributed by atoms with Crippen LogP contribution in [0.15, 0.2) is 25.3 Å². The molecular formula is C14H24N2O2. The Balaban J connectivity index is 4.53. The third kappa shape index (κ3) is 6.89. The predicted molar refractivity (Wildman–Crippen MR) is 74.1 cm³/mol. The van der Waals surface area contributed by atoms with E-state index in [9.17, 15) is 9.59 Å². The third-order valence-electron chi connectivity index (χ3n) is 2.57. The van der Waals surface area contributed by atoms with E-state index in [1.807, 2.05) is 13.8 Å². The van der Waals surface area contributed by atoms with E-state index >= 15 is 0 Å². The molecule has 0 rings (SSSR count). The van der Waals surface area contributed by atoms with Crippen molar-refractivity contribution in [2.45, 2.75) is 51.6 Å². The average Bonchev–Trinajstić information content (AvgIpc) is 2.27. The first-order chi connectivity index (χ1) is 8.34. The van der Waals surface area contributed by atoms with Crippen molar-refractivity contribution in [3.63, 3.8) is 0 Å². The summed E-state index contributed by atoms with van der Waals surface area (Å²) in [5.74, 6) is -0.385. The molecule has 0 fully saturated rings. The highest BCUT2D eigenvalue weighted by molar-refractivity contribution is 5.88. The summed E-state index contributed by atoms with van der Waals surface area (Å²) in [6.07, 6.45) is 5.01. The predicted octanol–water partition coefficient (Wildman–Crippen LogP) is 1.93. The molecule has 0 aliphatic heterocycles. The third-order valence-corrected chi connectivity index (χ3v) is 2.57. The molecule has 0 saturated carbocycles. The van der Waals surface area contributed by atoms with Crippen LogP contribution in [0.5, 0.6) is 0 Å². The van der Waals surface area contributed by atoms with Crippen LogP contribution < -0.4 is 10.6 Å². The van der Waals surface area contributed by atoms with E-state index in [2.05, 4.69) is 30.7 Å². The normalized spacial score (nSPS) is 12.4. The first kappa shape index (κ1) is 16.4. The van der Waals surface area contributed by atoms with Gasteiger partial charge in [-0.15, -0.1) is 0 Å². The van der Waals surface area contributed by atoms with Crippen molar-refractivity contribution in [1.82, 2.24) is 10.6 Å². The molecule has 0 heterocycles. The number of rotatable bonds is 8. The molecule has 102 valence electrons. The average molecular weight is 252 g/mol. The van der Waals surface area contributed by atoms with E-state index in [1.54, 1.807) is 0 Å². The quantitative estimate of drug-likeness (QED) is 0.648. The highest BCUT2D eigenvalue weighted by Crippen LogP contribution is 2.15. The number of hydrogen-bond acceptors (Lipinski definition) is 2. The van der Waals surface area contributed by atoms with Gasteiger partial charge in [0.25, 0.3) is 0 Å². The van der Waals surface area contributed by atoms with Crippen LogP contribution in [0.2, 0.25) is 0 Å². The lowest BCUT2D eigenvalue weighted by atomic mass is 9.92. The molecule has 0 aliphatic carbocycles. The second-order valence-corrected chi connectivity index (χ2v) is 4.98. The Kier molecular flexibility index (Phi) is 7.01. The molecule has 4 nitrogen and oxygen atoms in total. The maximum absolute atomic E-state index is 11.3. The number of amides is 2. The minimum atomic E-state index is -0.389. The second-order valence-electron chi connectivity index (χ2n) is 4.98. The minimum absolute atomic E-state index is 0.0283. The fraction of sp³-hybridized carbons (Fsp3) is 0.571. The van der Waals surface area contributed by atoms with Gasteiger partial charge in [-0.1, -0.05) is 26.5 Å². The first-order valence-corrected chi connectivity index (χ1v) is 6.22. The molecule has 0 bridgehead atoms. The van der Waals surface area contributed by atoms with Gasteiger partial charge in [0.2, 0.25) is 11.8 Å². The van der Waals surface area contributed by atoms with Crippen LogP contribution in [0.1, 0.15) is 40.0 Å². The highest BCUT2D eigenvalue weighted by atomic mass is 16.2. The standard InChI is InChI=1S/C14H24N2O2/c1-6-9-11(15-12(17)7-2)10-14(4,5)16-13(18)8-3/h7-8,11H,2-3,6,9-10H2,1,4-5H3,(H,15,17)(H,16,18). The lowest BCUT2D eigenvalue weighted by Gasteiger charge is -2.30. The van der Waals surface area contributed by atoms with Gasteiger partial charge in [0.1, 0.15) is 0 Å².